The molecular formula is C13H15N5O2S. The predicted molar refractivity (Wildman–Crippen MR) is 77.4 cm³/mol. The van der Waals surface area contributed by atoms with Crippen molar-refractivity contribution in [2.45, 2.75) is 48.8 Å². The minimum atomic E-state index is -0.453. The summed E-state index contributed by atoms with van der Waals surface area (Å²) in [6.07, 6.45) is 3.57. The molecular weight excluding hydrogens is 290 g/mol. The average Bonchev–Trinajstić information content (AvgIpc) is 3.20. The number of aromatic nitrogens is 4. The summed E-state index contributed by atoms with van der Waals surface area (Å²) in [7, 11) is 0. The largest absolute Gasteiger partial charge is 0.302 e. The molecule has 2 aromatic rings. The van der Waals surface area contributed by atoms with Gasteiger partial charge in [-0.2, -0.15) is 0 Å². The maximum absolute atomic E-state index is 10.6. The second kappa shape index (κ2) is 5.44. The lowest BCUT2D eigenvalue weighted by Crippen LogP contribution is -2.04. The van der Waals surface area contributed by atoms with Crippen molar-refractivity contribution in [3.63, 3.8) is 0 Å². The molecule has 0 radical (unpaired) electrons. The van der Waals surface area contributed by atoms with Crippen LogP contribution >= 0.6 is 11.8 Å². The number of pyridine rings is 1. The first kappa shape index (κ1) is 14.0. The third-order valence-corrected chi connectivity index (χ3v) is 4.16. The molecule has 0 N–H and O–H groups in total. The van der Waals surface area contributed by atoms with E-state index in [4.69, 9.17) is 0 Å². The molecule has 0 aromatic carbocycles. The van der Waals surface area contributed by atoms with Gasteiger partial charge in [0.1, 0.15) is 17.0 Å². The van der Waals surface area contributed by atoms with Crippen LogP contribution in [0.3, 0.4) is 0 Å². The van der Waals surface area contributed by atoms with Gasteiger partial charge in [0.25, 0.3) is 5.69 Å². The molecule has 0 amide bonds. The van der Waals surface area contributed by atoms with Gasteiger partial charge in [0.15, 0.2) is 5.16 Å². The maximum Gasteiger partial charge on any atom is 0.287 e. The number of nitro groups is 1. The summed E-state index contributed by atoms with van der Waals surface area (Å²) in [6.45, 7) is 4.20. The average molecular weight is 305 g/mol. The predicted octanol–water partition coefficient (Wildman–Crippen LogP) is 3.19. The first-order valence-corrected chi connectivity index (χ1v) is 7.61. The van der Waals surface area contributed by atoms with E-state index in [1.54, 1.807) is 6.07 Å². The van der Waals surface area contributed by atoms with Crippen molar-refractivity contribution in [3.8, 4) is 0 Å². The second-order valence-electron chi connectivity index (χ2n) is 5.31. The number of hydrogen-bond acceptors (Lipinski definition) is 6. The lowest BCUT2D eigenvalue weighted by atomic mass is 10.2. The first-order valence-electron chi connectivity index (χ1n) is 6.79. The Morgan fingerprint density at radius 1 is 1.38 bits per heavy atom. The van der Waals surface area contributed by atoms with E-state index in [2.05, 4.69) is 33.6 Å². The van der Waals surface area contributed by atoms with Crippen LogP contribution in [0, 0.1) is 10.1 Å². The van der Waals surface area contributed by atoms with Crippen molar-refractivity contribution in [1.29, 1.82) is 0 Å². The molecule has 8 heteroatoms. The van der Waals surface area contributed by atoms with E-state index in [0.29, 0.717) is 17.0 Å². The molecule has 7 nitrogen and oxygen atoms in total. The fourth-order valence-electron chi connectivity index (χ4n) is 2.06. The van der Waals surface area contributed by atoms with E-state index < -0.39 is 4.92 Å². The molecule has 1 fully saturated rings. The normalized spacial score (nSPS) is 14.6. The van der Waals surface area contributed by atoms with Crippen molar-refractivity contribution in [1.82, 2.24) is 19.7 Å². The summed E-state index contributed by atoms with van der Waals surface area (Å²) in [5.74, 6) is 1.30. The minimum Gasteiger partial charge on any atom is -0.302 e. The van der Waals surface area contributed by atoms with Gasteiger partial charge < -0.3 is 4.57 Å². The highest BCUT2D eigenvalue weighted by atomic mass is 32.2. The van der Waals surface area contributed by atoms with Gasteiger partial charge in [0.2, 0.25) is 0 Å². The monoisotopic (exact) mass is 305 g/mol. The van der Waals surface area contributed by atoms with Crippen molar-refractivity contribution in [2.75, 3.05) is 0 Å². The van der Waals surface area contributed by atoms with Crippen LogP contribution in [0.15, 0.2) is 28.5 Å². The molecule has 2 aromatic heterocycles. The highest BCUT2D eigenvalue weighted by molar-refractivity contribution is 7.99. The zero-order chi connectivity index (χ0) is 15.0. The van der Waals surface area contributed by atoms with Gasteiger partial charge in [-0.05, 0) is 30.7 Å². The minimum absolute atomic E-state index is 0.00845. The molecule has 0 saturated heterocycles. The SMILES string of the molecule is CC(C)c1nnc(Sc2ccc([N+](=O)[O-])cn2)n1C1CC1. The molecule has 0 bridgehead atoms. The van der Waals surface area contributed by atoms with E-state index in [9.17, 15) is 10.1 Å². The lowest BCUT2D eigenvalue weighted by Gasteiger charge is -2.10. The van der Waals surface area contributed by atoms with Crippen molar-refractivity contribution in [2.24, 2.45) is 0 Å². The molecule has 2 heterocycles. The van der Waals surface area contributed by atoms with Crippen molar-refractivity contribution >= 4 is 17.4 Å². The van der Waals surface area contributed by atoms with Crippen LogP contribution in [-0.2, 0) is 0 Å². The third kappa shape index (κ3) is 2.90. The molecule has 0 unspecified atom stereocenters. The Balaban J connectivity index is 1.86. The van der Waals surface area contributed by atoms with E-state index in [1.807, 2.05) is 0 Å². The molecule has 21 heavy (non-hydrogen) atoms. The Morgan fingerprint density at radius 3 is 2.67 bits per heavy atom. The van der Waals surface area contributed by atoms with Crippen LogP contribution in [0.1, 0.15) is 44.5 Å². The lowest BCUT2D eigenvalue weighted by molar-refractivity contribution is -0.385. The molecule has 1 aliphatic carbocycles. The van der Waals surface area contributed by atoms with Gasteiger partial charge in [0.05, 0.1) is 4.92 Å². The Bertz CT molecular complexity index is 664. The molecule has 110 valence electrons. The molecule has 0 aliphatic heterocycles. The van der Waals surface area contributed by atoms with Gasteiger partial charge in [-0.15, -0.1) is 10.2 Å². The van der Waals surface area contributed by atoms with Gasteiger partial charge in [0, 0.05) is 18.0 Å². The fourth-order valence-corrected chi connectivity index (χ4v) is 2.91. The van der Waals surface area contributed by atoms with E-state index in [0.717, 1.165) is 23.8 Å². The number of hydrogen-bond donors (Lipinski definition) is 0. The van der Waals surface area contributed by atoms with Crippen LogP contribution in [0.2, 0.25) is 0 Å². The Morgan fingerprint density at radius 2 is 2.14 bits per heavy atom. The number of nitrogens with zero attached hydrogens (tertiary/aromatic N) is 5. The summed E-state index contributed by atoms with van der Waals surface area (Å²) in [5, 5.41) is 20.7. The van der Waals surface area contributed by atoms with E-state index in [-0.39, 0.29) is 5.69 Å². The summed E-state index contributed by atoms with van der Waals surface area (Å²) >= 11 is 1.40. The second-order valence-corrected chi connectivity index (χ2v) is 6.30. The first-order chi connectivity index (χ1) is 10.1. The van der Waals surface area contributed by atoms with Gasteiger partial charge in [-0.1, -0.05) is 13.8 Å². The molecule has 0 spiro atoms. The zero-order valence-corrected chi connectivity index (χ0v) is 12.6. The molecule has 1 aliphatic rings. The Hall–Kier alpha value is -1.96. The summed E-state index contributed by atoms with van der Waals surface area (Å²) in [5.41, 5.74) is -0.00845. The van der Waals surface area contributed by atoms with Crippen LogP contribution < -0.4 is 0 Å². The van der Waals surface area contributed by atoms with Crippen molar-refractivity contribution in [3.05, 3.63) is 34.3 Å². The summed E-state index contributed by atoms with van der Waals surface area (Å²) in [6, 6.07) is 3.58. The van der Waals surface area contributed by atoms with Crippen LogP contribution in [-0.4, -0.2) is 24.7 Å². The maximum atomic E-state index is 10.6. The topological polar surface area (TPSA) is 86.7 Å². The fraction of sp³-hybridized carbons (Fsp3) is 0.462. The highest BCUT2D eigenvalue weighted by Crippen LogP contribution is 2.41. The van der Waals surface area contributed by atoms with Crippen LogP contribution in [0.5, 0.6) is 0 Å². The van der Waals surface area contributed by atoms with Crippen molar-refractivity contribution < 1.29 is 4.92 Å². The van der Waals surface area contributed by atoms with Gasteiger partial charge >= 0.3 is 0 Å². The standard InChI is InChI=1S/C13H15N5O2S/c1-8(2)12-15-16-13(17(12)9-3-4-9)21-11-6-5-10(7-14-11)18(19)20/h5-9H,3-4H2,1-2H3. The Kier molecular flexibility index (Phi) is 3.62. The quantitative estimate of drug-likeness (QED) is 0.622. The highest BCUT2D eigenvalue weighted by Gasteiger charge is 2.30. The van der Waals surface area contributed by atoms with E-state index in [1.165, 1.54) is 24.0 Å². The smallest absolute Gasteiger partial charge is 0.287 e. The third-order valence-electron chi connectivity index (χ3n) is 3.25. The van der Waals surface area contributed by atoms with Gasteiger partial charge in [-0.3, -0.25) is 10.1 Å². The van der Waals surface area contributed by atoms with Crippen LogP contribution in [0.4, 0.5) is 5.69 Å². The van der Waals surface area contributed by atoms with Crippen LogP contribution in [0.25, 0.3) is 0 Å². The zero-order valence-electron chi connectivity index (χ0n) is 11.8. The summed E-state index contributed by atoms with van der Waals surface area (Å²) < 4.78 is 2.18. The number of rotatable bonds is 5. The molecule has 3 rings (SSSR count). The molecule has 0 atom stereocenters. The summed E-state index contributed by atoms with van der Waals surface area (Å²) in [4.78, 5) is 14.3. The van der Waals surface area contributed by atoms with E-state index >= 15 is 0 Å². The molecule has 1 saturated carbocycles. The van der Waals surface area contributed by atoms with Gasteiger partial charge in [-0.25, -0.2) is 4.98 Å². The Labute approximate surface area is 125 Å².